The van der Waals surface area contributed by atoms with E-state index in [-0.39, 0.29) is 17.7 Å². The molecule has 0 amide bonds. The second-order valence-corrected chi connectivity index (χ2v) is 9.10. The summed E-state index contributed by atoms with van der Waals surface area (Å²) in [5.74, 6) is -0.699. The van der Waals surface area contributed by atoms with E-state index in [1.54, 1.807) is 13.1 Å². The van der Waals surface area contributed by atoms with Crippen LogP contribution in [0.5, 0.6) is 0 Å². The molecule has 0 unspecified atom stereocenters. The number of nitrogens with one attached hydrogen (secondary N) is 1. The number of rotatable bonds is 10. The molecule has 0 aliphatic carbocycles. The van der Waals surface area contributed by atoms with Gasteiger partial charge in [0.05, 0.1) is 6.61 Å². The summed E-state index contributed by atoms with van der Waals surface area (Å²) in [7, 11) is 0. The van der Waals surface area contributed by atoms with E-state index in [2.05, 4.69) is 22.3 Å². The molecule has 1 saturated heterocycles. The van der Waals surface area contributed by atoms with Gasteiger partial charge in [-0.15, -0.1) is 11.3 Å². The highest BCUT2D eigenvalue weighted by Crippen LogP contribution is 2.12. The van der Waals surface area contributed by atoms with Crippen molar-refractivity contribution in [2.45, 2.75) is 52.5 Å². The lowest BCUT2D eigenvalue weighted by Gasteiger charge is -2.14. The number of ether oxygens (including phenoxy) is 1. The van der Waals surface area contributed by atoms with Gasteiger partial charge in [-0.1, -0.05) is 25.5 Å². The van der Waals surface area contributed by atoms with Crippen LogP contribution in [0.25, 0.3) is 11.8 Å². The molecule has 1 aromatic heterocycles. The Morgan fingerprint density at radius 2 is 1.94 bits per heavy atom. The standard InChI is InChI=1S/C25H32N4O3S/c1-3-5-15-29-23(30)22(33-24(29)21(17-26)25(31)32-4-2)18-27-20-10-8-19(9-11-20)12-16-28-13-6-7-14-28/h8-11,18,27H,3-7,12-16H2,1-2H3/b22-18+,24-21-. The predicted molar refractivity (Wildman–Crippen MR) is 132 cm³/mol. The number of benzene rings is 1. The van der Waals surface area contributed by atoms with Gasteiger partial charge in [-0.25, -0.2) is 4.79 Å². The average Bonchev–Trinajstić information content (AvgIpc) is 3.45. The normalized spacial score (nSPS) is 15.4. The Bertz CT molecular complexity index is 1150. The van der Waals surface area contributed by atoms with Crippen molar-refractivity contribution in [1.82, 2.24) is 9.47 Å². The molecule has 176 valence electrons. The molecule has 33 heavy (non-hydrogen) atoms. The molecule has 8 heteroatoms. The van der Waals surface area contributed by atoms with E-state index in [0.717, 1.165) is 42.8 Å². The smallest absolute Gasteiger partial charge is 0.351 e. The minimum atomic E-state index is -0.699. The lowest BCUT2D eigenvalue weighted by Crippen LogP contribution is -2.33. The van der Waals surface area contributed by atoms with Crippen LogP contribution in [0, 0.1) is 11.3 Å². The minimum Gasteiger partial charge on any atom is -0.462 e. The first-order chi connectivity index (χ1) is 16.1. The molecule has 1 aromatic carbocycles. The molecule has 7 nitrogen and oxygen atoms in total. The van der Waals surface area contributed by atoms with Crippen molar-refractivity contribution in [3.63, 3.8) is 0 Å². The summed E-state index contributed by atoms with van der Waals surface area (Å²) in [6, 6.07) is 10.1. The largest absolute Gasteiger partial charge is 0.462 e. The zero-order chi connectivity index (χ0) is 23.6. The number of carbonyl (C=O) groups excluding carboxylic acids is 1. The average molecular weight is 469 g/mol. The summed E-state index contributed by atoms with van der Waals surface area (Å²) in [4.78, 5) is 27.8. The van der Waals surface area contributed by atoms with Gasteiger partial charge < -0.3 is 15.0 Å². The lowest BCUT2D eigenvalue weighted by atomic mass is 10.1. The van der Waals surface area contributed by atoms with Gasteiger partial charge in [-0.05, 0) is 63.4 Å². The van der Waals surface area contributed by atoms with E-state index in [1.165, 1.54) is 36.1 Å². The maximum Gasteiger partial charge on any atom is 0.351 e. The van der Waals surface area contributed by atoms with E-state index >= 15 is 0 Å². The highest BCUT2D eigenvalue weighted by Gasteiger charge is 2.16. The van der Waals surface area contributed by atoms with Crippen LogP contribution in [0.15, 0.2) is 29.1 Å². The Labute approximate surface area is 198 Å². The summed E-state index contributed by atoms with van der Waals surface area (Å²) < 4.78 is 7.32. The van der Waals surface area contributed by atoms with Crippen LogP contribution in [-0.2, 0) is 22.5 Å². The Morgan fingerprint density at radius 3 is 2.58 bits per heavy atom. The number of anilines is 1. The van der Waals surface area contributed by atoms with Crippen molar-refractivity contribution in [2.24, 2.45) is 0 Å². The van der Waals surface area contributed by atoms with Gasteiger partial charge in [0, 0.05) is 25.0 Å². The molecule has 1 N–H and O–H groups in total. The first kappa shape index (κ1) is 24.7. The molecule has 1 aliphatic heterocycles. The number of aromatic nitrogens is 1. The van der Waals surface area contributed by atoms with Crippen molar-refractivity contribution < 1.29 is 9.53 Å². The number of likely N-dealkylation sites (tertiary alicyclic amines) is 1. The fourth-order valence-electron chi connectivity index (χ4n) is 3.82. The van der Waals surface area contributed by atoms with Gasteiger partial charge in [0.2, 0.25) is 0 Å². The van der Waals surface area contributed by atoms with Gasteiger partial charge in [0.15, 0.2) is 5.57 Å². The Kier molecular flexibility index (Phi) is 9.28. The van der Waals surface area contributed by atoms with Gasteiger partial charge >= 0.3 is 5.97 Å². The van der Waals surface area contributed by atoms with E-state index in [1.807, 2.05) is 25.1 Å². The zero-order valence-corrected chi connectivity index (χ0v) is 20.2. The second-order valence-electron chi connectivity index (χ2n) is 8.07. The van der Waals surface area contributed by atoms with Crippen molar-refractivity contribution >= 4 is 34.8 Å². The molecule has 0 spiro atoms. The Morgan fingerprint density at radius 1 is 1.21 bits per heavy atom. The van der Waals surface area contributed by atoms with E-state index in [4.69, 9.17) is 4.74 Å². The molecular formula is C25H32N4O3S. The second kappa shape index (κ2) is 12.4. The highest BCUT2D eigenvalue weighted by molar-refractivity contribution is 7.07. The maximum absolute atomic E-state index is 13.0. The first-order valence-electron chi connectivity index (χ1n) is 11.7. The SMILES string of the molecule is CCCCn1c(=O)/c(=C\Nc2ccc(CCN3CCCC3)cc2)s/c1=C(/C#N)C(=O)OCC. The highest BCUT2D eigenvalue weighted by atomic mass is 32.1. The van der Waals surface area contributed by atoms with Crippen LogP contribution >= 0.6 is 11.3 Å². The van der Waals surface area contributed by atoms with Gasteiger partial charge in [0.25, 0.3) is 5.56 Å². The van der Waals surface area contributed by atoms with Crippen molar-refractivity contribution in [3.05, 3.63) is 49.4 Å². The van der Waals surface area contributed by atoms with Crippen LogP contribution in [-0.4, -0.2) is 41.7 Å². The molecular weight excluding hydrogens is 436 g/mol. The molecule has 1 aliphatic rings. The van der Waals surface area contributed by atoms with Crippen molar-refractivity contribution in [3.8, 4) is 6.07 Å². The first-order valence-corrected chi connectivity index (χ1v) is 12.5. The molecule has 2 aromatic rings. The fraction of sp³-hybridized carbons (Fsp3) is 0.480. The monoisotopic (exact) mass is 468 g/mol. The van der Waals surface area contributed by atoms with Gasteiger partial charge in [0.1, 0.15) is 15.3 Å². The topological polar surface area (TPSA) is 87.4 Å². The van der Waals surface area contributed by atoms with Crippen LogP contribution in [0.4, 0.5) is 5.69 Å². The number of carbonyl (C=O) groups is 1. The third-order valence-electron chi connectivity index (χ3n) is 5.69. The van der Waals surface area contributed by atoms with Crippen LogP contribution in [0.3, 0.4) is 0 Å². The summed E-state index contributed by atoms with van der Waals surface area (Å²) in [6.45, 7) is 7.83. The lowest BCUT2D eigenvalue weighted by molar-refractivity contribution is -0.136. The number of nitriles is 1. The third kappa shape index (κ3) is 6.56. The molecule has 0 saturated carbocycles. The van der Waals surface area contributed by atoms with Gasteiger partial charge in [-0.2, -0.15) is 5.26 Å². The van der Waals surface area contributed by atoms with E-state index < -0.39 is 5.97 Å². The van der Waals surface area contributed by atoms with E-state index in [9.17, 15) is 14.9 Å². The minimum absolute atomic E-state index is 0.128. The molecule has 0 bridgehead atoms. The van der Waals surface area contributed by atoms with Gasteiger partial charge in [-0.3, -0.25) is 9.36 Å². The number of esters is 1. The number of thiazole rings is 1. The number of unbranched alkanes of at least 4 members (excludes halogenated alkanes) is 1. The number of hydrogen-bond donors (Lipinski definition) is 1. The molecule has 1 fully saturated rings. The molecule has 0 radical (unpaired) electrons. The molecule has 2 heterocycles. The van der Waals surface area contributed by atoms with Crippen LogP contribution in [0.1, 0.15) is 45.1 Å². The number of nitrogens with zero attached hydrogens (tertiary/aromatic N) is 3. The van der Waals surface area contributed by atoms with Crippen LogP contribution < -0.4 is 20.1 Å². The Balaban J connectivity index is 1.82. The predicted octanol–water partition coefficient (Wildman–Crippen LogP) is 2.44. The zero-order valence-electron chi connectivity index (χ0n) is 19.4. The Hall–Kier alpha value is -2.89. The fourth-order valence-corrected chi connectivity index (χ4v) is 4.86. The summed E-state index contributed by atoms with van der Waals surface area (Å²) in [5, 5.41) is 12.7. The molecule has 0 atom stereocenters. The summed E-state index contributed by atoms with van der Waals surface area (Å²) >= 11 is 1.13. The maximum atomic E-state index is 13.0. The van der Waals surface area contributed by atoms with Crippen molar-refractivity contribution in [2.75, 3.05) is 31.6 Å². The van der Waals surface area contributed by atoms with E-state index in [0.29, 0.717) is 15.7 Å². The van der Waals surface area contributed by atoms with Crippen molar-refractivity contribution in [1.29, 1.82) is 5.26 Å². The number of hydrogen-bond acceptors (Lipinski definition) is 7. The third-order valence-corrected chi connectivity index (χ3v) is 6.82. The molecule has 3 rings (SSSR count). The summed E-state index contributed by atoms with van der Waals surface area (Å²) in [6.07, 6.45) is 6.95. The van der Waals surface area contributed by atoms with Crippen LogP contribution in [0.2, 0.25) is 0 Å². The summed E-state index contributed by atoms with van der Waals surface area (Å²) in [5.41, 5.74) is 1.83. The quantitative estimate of drug-likeness (QED) is 0.539.